The van der Waals surface area contributed by atoms with Crippen LogP contribution in [0.3, 0.4) is 0 Å². The van der Waals surface area contributed by atoms with Gasteiger partial charge in [-0.15, -0.1) is 0 Å². The maximum absolute atomic E-state index is 11.6. The van der Waals surface area contributed by atoms with Crippen molar-refractivity contribution in [2.45, 2.75) is 17.8 Å². The van der Waals surface area contributed by atoms with Crippen LogP contribution in [0.1, 0.15) is 22.8 Å². The van der Waals surface area contributed by atoms with E-state index in [2.05, 4.69) is 9.97 Å². The molecule has 0 aliphatic heterocycles. The van der Waals surface area contributed by atoms with Crippen LogP contribution in [0.2, 0.25) is 0 Å². The summed E-state index contributed by atoms with van der Waals surface area (Å²) >= 11 is 1.56. The van der Waals surface area contributed by atoms with Crippen LogP contribution in [0.4, 0.5) is 0 Å². The van der Waals surface area contributed by atoms with Crippen molar-refractivity contribution in [1.82, 2.24) is 9.97 Å². The number of fused-ring (bicyclic) bond motifs is 1. The molecule has 1 aromatic heterocycles. The molecule has 124 valence electrons. The summed E-state index contributed by atoms with van der Waals surface area (Å²) in [5, 5.41) is 0.813. The van der Waals surface area contributed by atoms with Crippen molar-refractivity contribution < 1.29 is 14.3 Å². The van der Waals surface area contributed by atoms with Crippen LogP contribution in [0.5, 0.6) is 11.5 Å². The minimum Gasteiger partial charge on any atom is -0.497 e. The highest BCUT2D eigenvalue weighted by Crippen LogP contribution is 2.29. The lowest BCUT2D eigenvalue weighted by molar-refractivity contribution is 0.101. The molecule has 1 heterocycles. The second-order valence-corrected chi connectivity index (χ2v) is 6.26. The number of hydrogen-bond acceptors (Lipinski definition) is 5. The van der Waals surface area contributed by atoms with Crippen molar-refractivity contribution in [3.63, 3.8) is 0 Å². The third-order valence-corrected chi connectivity index (χ3v) is 4.64. The van der Waals surface area contributed by atoms with E-state index < -0.39 is 0 Å². The molecule has 0 saturated heterocycles. The molecule has 0 aliphatic rings. The highest BCUT2D eigenvalue weighted by molar-refractivity contribution is 7.98. The van der Waals surface area contributed by atoms with E-state index in [0.717, 1.165) is 33.3 Å². The lowest BCUT2D eigenvalue weighted by atomic mass is 10.1. The molecule has 0 amide bonds. The van der Waals surface area contributed by atoms with Gasteiger partial charge >= 0.3 is 0 Å². The third kappa shape index (κ3) is 3.38. The molecule has 0 bridgehead atoms. The van der Waals surface area contributed by atoms with Gasteiger partial charge in [0.25, 0.3) is 0 Å². The summed E-state index contributed by atoms with van der Waals surface area (Å²) in [6.45, 7) is 1.56. The first-order valence-corrected chi connectivity index (χ1v) is 8.43. The first-order chi connectivity index (χ1) is 11.6. The number of aromatic nitrogens is 2. The summed E-state index contributed by atoms with van der Waals surface area (Å²) in [5.41, 5.74) is 3.47. The number of ketones is 1. The van der Waals surface area contributed by atoms with E-state index in [1.807, 2.05) is 30.3 Å². The molecule has 0 fully saturated rings. The predicted octanol–water partition coefficient (Wildman–Crippen LogP) is 4.08. The fourth-order valence-corrected chi connectivity index (χ4v) is 3.28. The Labute approximate surface area is 144 Å². The minimum atomic E-state index is 0.0414. The summed E-state index contributed by atoms with van der Waals surface area (Å²) in [6.07, 6.45) is 0. The number of carbonyl (C=O) groups excluding carboxylic acids is 1. The number of H-pyrrole nitrogens is 1. The van der Waals surface area contributed by atoms with Crippen molar-refractivity contribution >= 4 is 28.6 Å². The highest BCUT2D eigenvalue weighted by atomic mass is 32.2. The van der Waals surface area contributed by atoms with Gasteiger partial charge in [0.15, 0.2) is 10.9 Å². The van der Waals surface area contributed by atoms with Gasteiger partial charge in [0.1, 0.15) is 11.5 Å². The Hall–Kier alpha value is -2.47. The van der Waals surface area contributed by atoms with Gasteiger partial charge in [-0.3, -0.25) is 4.79 Å². The van der Waals surface area contributed by atoms with E-state index in [1.54, 1.807) is 39.0 Å². The molecule has 3 aromatic rings. The number of ether oxygens (including phenoxy) is 2. The molecule has 6 heteroatoms. The van der Waals surface area contributed by atoms with E-state index in [4.69, 9.17) is 9.47 Å². The highest BCUT2D eigenvalue weighted by Gasteiger charge is 2.10. The topological polar surface area (TPSA) is 64.2 Å². The van der Waals surface area contributed by atoms with Crippen LogP contribution in [0, 0.1) is 0 Å². The van der Waals surface area contributed by atoms with Crippen LogP contribution in [0.25, 0.3) is 11.0 Å². The Bertz CT molecular complexity index is 889. The van der Waals surface area contributed by atoms with Gasteiger partial charge in [-0.1, -0.05) is 11.8 Å². The molecule has 2 aromatic carbocycles. The zero-order valence-corrected chi connectivity index (χ0v) is 14.6. The number of methoxy groups -OCH3 is 2. The number of hydrogen-bond donors (Lipinski definition) is 1. The van der Waals surface area contributed by atoms with E-state index in [1.165, 1.54) is 0 Å². The van der Waals surface area contributed by atoms with Crippen molar-refractivity contribution in [3.05, 3.63) is 47.5 Å². The first kappa shape index (κ1) is 16.4. The van der Waals surface area contributed by atoms with Crippen molar-refractivity contribution in [1.29, 1.82) is 0 Å². The van der Waals surface area contributed by atoms with E-state index in [9.17, 15) is 4.79 Å². The van der Waals surface area contributed by atoms with E-state index in [-0.39, 0.29) is 5.78 Å². The number of rotatable bonds is 6. The summed E-state index contributed by atoms with van der Waals surface area (Å²) in [4.78, 5) is 19.4. The fourth-order valence-electron chi connectivity index (χ4n) is 2.42. The lowest BCUT2D eigenvalue weighted by Crippen LogP contribution is -1.97. The average molecular weight is 342 g/mol. The largest absolute Gasteiger partial charge is 0.497 e. The molecule has 5 nitrogen and oxygen atoms in total. The van der Waals surface area contributed by atoms with E-state index in [0.29, 0.717) is 11.3 Å². The second-order valence-electron chi connectivity index (χ2n) is 5.30. The molecular weight excluding hydrogens is 324 g/mol. The molecule has 0 unspecified atom stereocenters. The van der Waals surface area contributed by atoms with Crippen LogP contribution in [0.15, 0.2) is 41.6 Å². The lowest BCUT2D eigenvalue weighted by Gasteiger charge is -2.08. The van der Waals surface area contributed by atoms with Gasteiger partial charge in [-0.25, -0.2) is 4.98 Å². The van der Waals surface area contributed by atoms with Gasteiger partial charge in [0.05, 0.1) is 25.3 Å². The van der Waals surface area contributed by atoms with Gasteiger partial charge in [-0.05, 0) is 37.3 Å². The SMILES string of the molecule is COc1ccc2nc(SCc3cc(C(C)=O)ccc3OC)[nH]c2c1. The van der Waals surface area contributed by atoms with Gasteiger partial charge < -0.3 is 14.5 Å². The second kappa shape index (κ2) is 6.97. The number of imidazole rings is 1. The monoisotopic (exact) mass is 342 g/mol. The molecule has 0 spiro atoms. The van der Waals surface area contributed by atoms with Crippen LogP contribution < -0.4 is 9.47 Å². The Morgan fingerprint density at radius 1 is 1.17 bits per heavy atom. The quantitative estimate of drug-likeness (QED) is 0.540. The van der Waals surface area contributed by atoms with Crippen molar-refractivity contribution in [2.24, 2.45) is 0 Å². The maximum Gasteiger partial charge on any atom is 0.166 e. The Balaban J connectivity index is 1.82. The fraction of sp³-hybridized carbons (Fsp3) is 0.222. The Morgan fingerprint density at radius 2 is 2.00 bits per heavy atom. The van der Waals surface area contributed by atoms with Crippen LogP contribution in [-0.2, 0) is 5.75 Å². The molecule has 24 heavy (non-hydrogen) atoms. The smallest absolute Gasteiger partial charge is 0.166 e. The number of carbonyl (C=O) groups is 1. The molecule has 1 N–H and O–H groups in total. The average Bonchev–Trinajstić information content (AvgIpc) is 3.01. The molecule has 0 aliphatic carbocycles. The van der Waals surface area contributed by atoms with Gasteiger partial charge in [0.2, 0.25) is 0 Å². The zero-order valence-electron chi connectivity index (χ0n) is 13.8. The molecule has 0 atom stereocenters. The predicted molar refractivity (Wildman–Crippen MR) is 95.2 cm³/mol. The zero-order chi connectivity index (χ0) is 17.1. The van der Waals surface area contributed by atoms with Crippen molar-refractivity contribution in [3.8, 4) is 11.5 Å². The number of Topliss-reactive ketones (excluding diaryl/α,β-unsaturated/α-hetero) is 1. The standard InChI is InChI=1S/C18H18N2O3S/c1-11(21)12-4-7-17(23-3)13(8-12)10-24-18-19-15-6-5-14(22-2)9-16(15)20-18/h4-9H,10H2,1-3H3,(H,19,20). The number of thioether (sulfide) groups is 1. The van der Waals surface area contributed by atoms with Gasteiger partial charge in [0, 0.05) is 22.9 Å². The summed E-state index contributed by atoms with van der Waals surface area (Å²) in [6, 6.07) is 11.2. The summed E-state index contributed by atoms with van der Waals surface area (Å²) < 4.78 is 10.6. The maximum atomic E-state index is 11.6. The third-order valence-electron chi connectivity index (χ3n) is 3.72. The minimum absolute atomic E-state index is 0.0414. The number of nitrogens with zero attached hydrogens (tertiary/aromatic N) is 1. The Kier molecular flexibility index (Phi) is 4.76. The van der Waals surface area contributed by atoms with Crippen molar-refractivity contribution in [2.75, 3.05) is 14.2 Å². The number of nitrogens with one attached hydrogen (secondary N) is 1. The van der Waals surface area contributed by atoms with Crippen LogP contribution >= 0.6 is 11.8 Å². The number of aromatic amines is 1. The normalized spacial score (nSPS) is 10.8. The van der Waals surface area contributed by atoms with Gasteiger partial charge in [-0.2, -0.15) is 0 Å². The van der Waals surface area contributed by atoms with E-state index >= 15 is 0 Å². The molecule has 0 radical (unpaired) electrons. The Morgan fingerprint density at radius 3 is 2.71 bits per heavy atom. The molecule has 0 saturated carbocycles. The summed E-state index contributed by atoms with van der Waals surface area (Å²) in [7, 11) is 3.27. The molecular formula is C18H18N2O3S. The van der Waals surface area contributed by atoms with Crippen LogP contribution in [-0.4, -0.2) is 30.0 Å². The summed E-state index contributed by atoms with van der Waals surface area (Å²) in [5.74, 6) is 2.25. The first-order valence-electron chi connectivity index (χ1n) is 7.45. The molecule has 3 rings (SSSR count). The number of benzene rings is 2.